The van der Waals surface area contributed by atoms with E-state index in [0.717, 1.165) is 31.2 Å². The minimum absolute atomic E-state index is 0.0243. The molecule has 1 amide bonds. The van der Waals surface area contributed by atoms with Crippen LogP contribution in [0.15, 0.2) is 52.5 Å². The number of pyridine rings is 1. The Kier molecular flexibility index (Phi) is 5.69. The number of phenolic OH excluding ortho intramolecular Hbond substituents is 1. The lowest BCUT2D eigenvalue weighted by atomic mass is 9.94. The summed E-state index contributed by atoms with van der Waals surface area (Å²) in [4.78, 5) is 24.4. The summed E-state index contributed by atoms with van der Waals surface area (Å²) in [6.07, 6.45) is 8.89. The standard InChI is InChI=1S/C21H20ClN3O2S/c22-19-17(7-4-12-23-19)24-21-25(15-5-2-1-3-6-15)20(27)18(28-21)13-14-8-10-16(26)11-9-14/h4,7-13,15,26H,1-3,5-6H2/b18-13-,24-21?. The summed E-state index contributed by atoms with van der Waals surface area (Å²) in [5.41, 5.74) is 1.42. The molecule has 1 aromatic heterocycles. The first-order valence-corrected chi connectivity index (χ1v) is 10.5. The number of aromatic nitrogens is 1. The van der Waals surface area contributed by atoms with E-state index < -0.39 is 0 Å². The molecule has 0 atom stereocenters. The van der Waals surface area contributed by atoms with Crippen molar-refractivity contribution in [2.45, 2.75) is 38.1 Å². The topological polar surface area (TPSA) is 65.8 Å². The Hall–Kier alpha value is -2.31. The molecule has 1 N–H and O–H groups in total. The number of halogens is 1. The Morgan fingerprint density at radius 2 is 1.93 bits per heavy atom. The van der Waals surface area contributed by atoms with Crippen molar-refractivity contribution in [3.8, 4) is 5.75 Å². The van der Waals surface area contributed by atoms with Gasteiger partial charge in [0.25, 0.3) is 5.91 Å². The lowest BCUT2D eigenvalue weighted by Gasteiger charge is -2.30. The van der Waals surface area contributed by atoms with Crippen LogP contribution in [0.2, 0.25) is 5.15 Å². The molecule has 1 saturated heterocycles. The molecule has 0 unspecified atom stereocenters. The second kappa shape index (κ2) is 8.37. The molecule has 2 aliphatic rings. The molecule has 144 valence electrons. The molecule has 0 spiro atoms. The van der Waals surface area contributed by atoms with Gasteiger partial charge in [-0.2, -0.15) is 0 Å². The SMILES string of the molecule is O=C1/C(=C/c2ccc(O)cc2)SC(=Nc2cccnc2Cl)N1C1CCCCC1. The maximum Gasteiger partial charge on any atom is 0.267 e. The molecule has 7 heteroatoms. The number of hydrogen-bond acceptors (Lipinski definition) is 5. The van der Waals surface area contributed by atoms with E-state index in [0.29, 0.717) is 20.9 Å². The Bertz CT molecular complexity index is 937. The summed E-state index contributed by atoms with van der Waals surface area (Å²) in [5.74, 6) is 0.175. The molecule has 1 aliphatic carbocycles. The molecule has 2 heterocycles. The molecule has 0 radical (unpaired) electrons. The number of amidine groups is 1. The predicted molar refractivity (Wildman–Crippen MR) is 114 cm³/mol. The summed E-state index contributed by atoms with van der Waals surface area (Å²) in [5, 5.41) is 10.4. The zero-order valence-corrected chi connectivity index (χ0v) is 16.8. The fourth-order valence-electron chi connectivity index (χ4n) is 3.51. The van der Waals surface area contributed by atoms with E-state index in [2.05, 4.69) is 9.98 Å². The van der Waals surface area contributed by atoms with Gasteiger partial charge in [0.1, 0.15) is 11.4 Å². The average molecular weight is 414 g/mol. The van der Waals surface area contributed by atoms with Crippen LogP contribution in [0.5, 0.6) is 5.75 Å². The Labute approximate surface area is 173 Å². The smallest absolute Gasteiger partial charge is 0.267 e. The van der Waals surface area contributed by atoms with Crippen LogP contribution in [0.4, 0.5) is 5.69 Å². The van der Waals surface area contributed by atoms with Crippen molar-refractivity contribution in [1.82, 2.24) is 9.88 Å². The van der Waals surface area contributed by atoms with Crippen molar-refractivity contribution in [1.29, 1.82) is 0 Å². The number of aliphatic imine (C=N–C) groups is 1. The van der Waals surface area contributed by atoms with Gasteiger partial charge in [-0.05, 0) is 60.5 Å². The van der Waals surface area contributed by atoms with E-state index in [9.17, 15) is 9.90 Å². The molecule has 1 aromatic carbocycles. The van der Waals surface area contributed by atoms with Crippen LogP contribution in [0.25, 0.3) is 6.08 Å². The number of rotatable bonds is 3. The van der Waals surface area contributed by atoms with Crippen LogP contribution in [-0.2, 0) is 4.79 Å². The van der Waals surface area contributed by atoms with Gasteiger partial charge in [-0.15, -0.1) is 0 Å². The number of hydrogen-bond donors (Lipinski definition) is 1. The molecule has 0 bridgehead atoms. The van der Waals surface area contributed by atoms with Crippen molar-refractivity contribution in [2.24, 2.45) is 4.99 Å². The summed E-state index contributed by atoms with van der Waals surface area (Å²) in [6.45, 7) is 0. The number of amides is 1. The van der Waals surface area contributed by atoms with Gasteiger partial charge in [0.2, 0.25) is 0 Å². The molecule has 5 nitrogen and oxygen atoms in total. The van der Waals surface area contributed by atoms with Crippen molar-refractivity contribution < 1.29 is 9.90 Å². The predicted octanol–water partition coefficient (Wildman–Crippen LogP) is 5.38. The first-order valence-electron chi connectivity index (χ1n) is 9.33. The van der Waals surface area contributed by atoms with Crippen molar-refractivity contribution in [2.75, 3.05) is 0 Å². The van der Waals surface area contributed by atoms with Gasteiger partial charge >= 0.3 is 0 Å². The van der Waals surface area contributed by atoms with Gasteiger partial charge in [-0.1, -0.05) is 43.0 Å². The van der Waals surface area contributed by atoms with Gasteiger partial charge in [0.05, 0.1) is 4.91 Å². The maximum atomic E-state index is 13.2. The van der Waals surface area contributed by atoms with Crippen LogP contribution >= 0.6 is 23.4 Å². The Morgan fingerprint density at radius 1 is 1.18 bits per heavy atom. The number of nitrogens with zero attached hydrogens (tertiary/aromatic N) is 3. The fraction of sp³-hybridized carbons (Fsp3) is 0.286. The number of thioether (sulfide) groups is 1. The lowest BCUT2D eigenvalue weighted by molar-refractivity contribution is -0.124. The summed E-state index contributed by atoms with van der Waals surface area (Å²) >= 11 is 7.55. The lowest BCUT2D eigenvalue weighted by Crippen LogP contribution is -2.40. The van der Waals surface area contributed by atoms with Crippen LogP contribution in [0, 0.1) is 0 Å². The molecular formula is C21H20ClN3O2S. The van der Waals surface area contributed by atoms with Crippen LogP contribution in [0.1, 0.15) is 37.7 Å². The highest BCUT2D eigenvalue weighted by molar-refractivity contribution is 8.18. The van der Waals surface area contributed by atoms with Gasteiger partial charge in [0.15, 0.2) is 10.3 Å². The van der Waals surface area contributed by atoms with Gasteiger partial charge in [0, 0.05) is 12.2 Å². The van der Waals surface area contributed by atoms with E-state index in [1.807, 2.05) is 11.0 Å². The third-order valence-electron chi connectivity index (χ3n) is 4.92. The van der Waals surface area contributed by atoms with Crippen molar-refractivity contribution in [3.63, 3.8) is 0 Å². The summed E-state index contributed by atoms with van der Waals surface area (Å²) in [6, 6.07) is 10.5. The highest BCUT2D eigenvalue weighted by Crippen LogP contribution is 2.39. The maximum absolute atomic E-state index is 13.2. The van der Waals surface area contributed by atoms with Crippen molar-refractivity contribution >= 4 is 46.2 Å². The third kappa shape index (κ3) is 4.08. The highest BCUT2D eigenvalue weighted by atomic mass is 35.5. The quantitative estimate of drug-likeness (QED) is 0.542. The number of aromatic hydroxyl groups is 1. The molecular weight excluding hydrogens is 394 g/mol. The molecule has 2 aromatic rings. The molecule has 28 heavy (non-hydrogen) atoms. The van der Waals surface area contributed by atoms with Crippen LogP contribution < -0.4 is 0 Å². The summed E-state index contributed by atoms with van der Waals surface area (Å²) in [7, 11) is 0. The number of carbonyl (C=O) groups excluding carboxylic acids is 1. The average Bonchev–Trinajstić information content (AvgIpc) is 3.01. The first-order chi connectivity index (χ1) is 13.6. The summed E-state index contributed by atoms with van der Waals surface area (Å²) < 4.78 is 0. The first kappa shape index (κ1) is 19.0. The van der Waals surface area contributed by atoms with E-state index in [4.69, 9.17) is 11.6 Å². The highest BCUT2D eigenvalue weighted by Gasteiger charge is 2.38. The fourth-order valence-corrected chi connectivity index (χ4v) is 4.73. The molecule has 2 fully saturated rings. The van der Waals surface area contributed by atoms with E-state index in [1.54, 1.807) is 42.6 Å². The number of phenols is 1. The second-order valence-electron chi connectivity index (χ2n) is 6.88. The van der Waals surface area contributed by atoms with Crippen LogP contribution in [-0.4, -0.2) is 32.1 Å². The van der Waals surface area contributed by atoms with Gasteiger partial charge < -0.3 is 5.11 Å². The van der Waals surface area contributed by atoms with E-state index in [-0.39, 0.29) is 17.7 Å². The zero-order valence-electron chi connectivity index (χ0n) is 15.2. The Morgan fingerprint density at radius 3 is 2.64 bits per heavy atom. The normalized spacial score (nSPS) is 21.0. The minimum Gasteiger partial charge on any atom is -0.508 e. The largest absolute Gasteiger partial charge is 0.508 e. The second-order valence-corrected chi connectivity index (χ2v) is 8.24. The van der Waals surface area contributed by atoms with Crippen molar-refractivity contribution in [3.05, 3.63) is 58.2 Å². The van der Waals surface area contributed by atoms with Gasteiger partial charge in [-0.3, -0.25) is 9.69 Å². The minimum atomic E-state index is -0.0243. The number of carbonyl (C=O) groups is 1. The third-order valence-corrected chi connectivity index (χ3v) is 6.20. The Balaban J connectivity index is 1.71. The van der Waals surface area contributed by atoms with Crippen LogP contribution in [0.3, 0.4) is 0 Å². The zero-order chi connectivity index (χ0) is 19.5. The molecule has 4 rings (SSSR count). The molecule has 1 aliphatic heterocycles. The van der Waals surface area contributed by atoms with E-state index in [1.165, 1.54) is 18.2 Å². The number of benzene rings is 1. The van der Waals surface area contributed by atoms with E-state index >= 15 is 0 Å². The monoisotopic (exact) mass is 413 g/mol. The van der Waals surface area contributed by atoms with Gasteiger partial charge in [-0.25, -0.2) is 9.98 Å². The molecule has 1 saturated carbocycles.